The third kappa shape index (κ3) is 3.75. The molecule has 0 unspecified atom stereocenters. The fourth-order valence-electron chi connectivity index (χ4n) is 1.78. The molecule has 2 rings (SSSR count). The van der Waals surface area contributed by atoms with Crippen LogP contribution in [0.2, 0.25) is 0 Å². The molecule has 0 saturated carbocycles. The molecule has 2 aromatic rings. The standard InChI is InChI=1S/C15H14ClF2N/c16-8-11-4-6-12(7-5-11)9-19-10-13-14(17)2-1-3-15(13)18/h1-7,19H,8-10H2. The summed E-state index contributed by atoms with van der Waals surface area (Å²) in [6.07, 6.45) is 0. The Kier molecular flexibility index (Phi) is 4.88. The summed E-state index contributed by atoms with van der Waals surface area (Å²) in [7, 11) is 0. The van der Waals surface area contributed by atoms with E-state index in [0.29, 0.717) is 12.4 Å². The van der Waals surface area contributed by atoms with E-state index < -0.39 is 11.6 Å². The topological polar surface area (TPSA) is 12.0 Å². The first-order valence-electron chi connectivity index (χ1n) is 5.98. The van der Waals surface area contributed by atoms with Gasteiger partial charge < -0.3 is 5.32 Å². The molecule has 19 heavy (non-hydrogen) atoms. The highest BCUT2D eigenvalue weighted by molar-refractivity contribution is 6.17. The van der Waals surface area contributed by atoms with Crippen LogP contribution in [-0.4, -0.2) is 0 Å². The monoisotopic (exact) mass is 281 g/mol. The molecule has 100 valence electrons. The lowest BCUT2D eigenvalue weighted by atomic mass is 10.1. The van der Waals surface area contributed by atoms with Gasteiger partial charge in [0.05, 0.1) is 0 Å². The molecule has 0 amide bonds. The summed E-state index contributed by atoms with van der Waals surface area (Å²) < 4.78 is 26.8. The van der Waals surface area contributed by atoms with Crippen LogP contribution in [0.1, 0.15) is 16.7 Å². The van der Waals surface area contributed by atoms with E-state index in [0.717, 1.165) is 11.1 Å². The summed E-state index contributed by atoms with van der Waals surface area (Å²) >= 11 is 5.70. The lowest BCUT2D eigenvalue weighted by Gasteiger charge is -2.07. The Morgan fingerprint density at radius 2 is 1.42 bits per heavy atom. The van der Waals surface area contributed by atoms with Crippen molar-refractivity contribution in [1.82, 2.24) is 5.32 Å². The SMILES string of the molecule is Fc1cccc(F)c1CNCc1ccc(CCl)cc1. The van der Waals surface area contributed by atoms with Crippen molar-refractivity contribution in [3.63, 3.8) is 0 Å². The van der Waals surface area contributed by atoms with Gasteiger partial charge in [-0.1, -0.05) is 30.3 Å². The first-order chi connectivity index (χ1) is 9.20. The summed E-state index contributed by atoms with van der Waals surface area (Å²) in [4.78, 5) is 0. The van der Waals surface area contributed by atoms with Gasteiger partial charge in [0, 0.05) is 24.5 Å². The van der Waals surface area contributed by atoms with Gasteiger partial charge in [-0.15, -0.1) is 11.6 Å². The number of hydrogen-bond acceptors (Lipinski definition) is 1. The molecule has 0 heterocycles. The van der Waals surface area contributed by atoms with Crippen LogP contribution in [-0.2, 0) is 19.0 Å². The van der Waals surface area contributed by atoms with Gasteiger partial charge in [-0.2, -0.15) is 0 Å². The van der Waals surface area contributed by atoms with Gasteiger partial charge in [0.15, 0.2) is 0 Å². The Bertz CT molecular complexity index is 520. The van der Waals surface area contributed by atoms with Crippen molar-refractivity contribution in [2.45, 2.75) is 19.0 Å². The molecule has 0 aliphatic carbocycles. The van der Waals surface area contributed by atoms with Gasteiger partial charge in [0.2, 0.25) is 0 Å². The minimum absolute atomic E-state index is 0.0693. The quantitative estimate of drug-likeness (QED) is 0.817. The molecule has 0 aliphatic heterocycles. The fraction of sp³-hybridized carbons (Fsp3) is 0.200. The molecule has 0 atom stereocenters. The Morgan fingerprint density at radius 3 is 2.00 bits per heavy atom. The van der Waals surface area contributed by atoms with E-state index in [4.69, 9.17) is 11.6 Å². The van der Waals surface area contributed by atoms with Crippen LogP contribution in [0.3, 0.4) is 0 Å². The third-order valence-electron chi connectivity index (χ3n) is 2.87. The number of alkyl halides is 1. The largest absolute Gasteiger partial charge is 0.308 e. The maximum absolute atomic E-state index is 13.4. The van der Waals surface area contributed by atoms with Crippen LogP contribution in [0.4, 0.5) is 8.78 Å². The Morgan fingerprint density at radius 1 is 0.842 bits per heavy atom. The van der Waals surface area contributed by atoms with Gasteiger partial charge in [-0.05, 0) is 23.3 Å². The zero-order valence-electron chi connectivity index (χ0n) is 10.3. The molecule has 2 aromatic carbocycles. The summed E-state index contributed by atoms with van der Waals surface area (Å²) in [6, 6.07) is 11.6. The molecule has 0 aliphatic rings. The number of benzene rings is 2. The second-order valence-corrected chi connectivity index (χ2v) is 4.52. The summed E-state index contributed by atoms with van der Waals surface area (Å²) in [6.45, 7) is 0.714. The Balaban J connectivity index is 1.92. The average Bonchev–Trinajstić information content (AvgIpc) is 2.43. The minimum atomic E-state index is -0.523. The highest BCUT2D eigenvalue weighted by Crippen LogP contribution is 2.12. The van der Waals surface area contributed by atoms with E-state index in [1.165, 1.54) is 18.2 Å². The maximum atomic E-state index is 13.4. The van der Waals surface area contributed by atoms with E-state index in [9.17, 15) is 8.78 Å². The molecular weight excluding hydrogens is 268 g/mol. The second kappa shape index (κ2) is 6.64. The van der Waals surface area contributed by atoms with Crippen LogP contribution in [0, 0.1) is 11.6 Å². The smallest absolute Gasteiger partial charge is 0.130 e. The van der Waals surface area contributed by atoms with Gasteiger partial charge in [-0.3, -0.25) is 0 Å². The fourth-order valence-corrected chi connectivity index (χ4v) is 1.96. The first kappa shape index (κ1) is 14.0. The van der Waals surface area contributed by atoms with Crippen molar-refractivity contribution in [3.8, 4) is 0 Å². The summed E-state index contributed by atoms with van der Waals surface area (Å²) in [5.74, 6) is -0.566. The van der Waals surface area contributed by atoms with Gasteiger partial charge in [0.25, 0.3) is 0 Å². The van der Waals surface area contributed by atoms with Crippen LogP contribution in [0.25, 0.3) is 0 Å². The normalized spacial score (nSPS) is 10.7. The van der Waals surface area contributed by atoms with Crippen molar-refractivity contribution in [2.24, 2.45) is 0 Å². The zero-order valence-corrected chi connectivity index (χ0v) is 11.1. The number of halogens is 3. The predicted molar refractivity (Wildman–Crippen MR) is 72.9 cm³/mol. The summed E-state index contributed by atoms with van der Waals surface area (Å²) in [5.41, 5.74) is 2.16. The van der Waals surface area contributed by atoms with Crippen LogP contribution >= 0.6 is 11.6 Å². The molecule has 0 aromatic heterocycles. The predicted octanol–water partition coefficient (Wildman–Crippen LogP) is 3.99. The minimum Gasteiger partial charge on any atom is -0.308 e. The van der Waals surface area contributed by atoms with Crippen LogP contribution < -0.4 is 5.32 Å². The van der Waals surface area contributed by atoms with Crippen molar-refractivity contribution in [3.05, 3.63) is 70.8 Å². The molecule has 0 saturated heterocycles. The maximum Gasteiger partial charge on any atom is 0.130 e. The van der Waals surface area contributed by atoms with E-state index in [-0.39, 0.29) is 12.1 Å². The average molecular weight is 282 g/mol. The summed E-state index contributed by atoms with van der Waals surface area (Å²) in [5, 5.41) is 3.02. The number of rotatable bonds is 5. The zero-order chi connectivity index (χ0) is 13.7. The van der Waals surface area contributed by atoms with Crippen molar-refractivity contribution < 1.29 is 8.78 Å². The second-order valence-electron chi connectivity index (χ2n) is 4.25. The molecule has 0 spiro atoms. The van der Waals surface area contributed by atoms with E-state index in [1.807, 2.05) is 24.3 Å². The number of hydrogen-bond donors (Lipinski definition) is 1. The third-order valence-corrected chi connectivity index (χ3v) is 3.18. The lowest BCUT2D eigenvalue weighted by molar-refractivity contribution is 0.535. The number of nitrogens with one attached hydrogen (secondary N) is 1. The van der Waals surface area contributed by atoms with E-state index in [2.05, 4.69) is 5.32 Å². The van der Waals surface area contributed by atoms with E-state index in [1.54, 1.807) is 0 Å². The lowest BCUT2D eigenvalue weighted by Crippen LogP contribution is -2.15. The molecule has 0 fully saturated rings. The van der Waals surface area contributed by atoms with Crippen molar-refractivity contribution in [2.75, 3.05) is 0 Å². The molecule has 0 radical (unpaired) electrons. The molecule has 4 heteroatoms. The molecular formula is C15H14ClF2N. The Hall–Kier alpha value is -1.45. The molecule has 0 bridgehead atoms. The van der Waals surface area contributed by atoms with Crippen molar-refractivity contribution >= 4 is 11.6 Å². The van der Waals surface area contributed by atoms with Crippen LogP contribution in [0.15, 0.2) is 42.5 Å². The molecule has 1 N–H and O–H groups in total. The molecule has 1 nitrogen and oxygen atoms in total. The first-order valence-corrected chi connectivity index (χ1v) is 6.51. The Labute approximate surface area is 116 Å². The van der Waals surface area contributed by atoms with E-state index >= 15 is 0 Å². The van der Waals surface area contributed by atoms with Gasteiger partial charge in [-0.25, -0.2) is 8.78 Å². The van der Waals surface area contributed by atoms with Gasteiger partial charge in [0.1, 0.15) is 11.6 Å². The highest BCUT2D eigenvalue weighted by atomic mass is 35.5. The van der Waals surface area contributed by atoms with Crippen molar-refractivity contribution in [1.29, 1.82) is 0 Å². The van der Waals surface area contributed by atoms with Gasteiger partial charge >= 0.3 is 0 Å². The highest BCUT2D eigenvalue weighted by Gasteiger charge is 2.07. The van der Waals surface area contributed by atoms with Crippen LogP contribution in [0.5, 0.6) is 0 Å².